The molecule has 4 fully saturated rings. The Morgan fingerprint density at radius 2 is 1.51 bits per heavy atom. The molecule has 0 saturated heterocycles. The van der Waals surface area contributed by atoms with E-state index in [0.717, 1.165) is 38.5 Å². The molecule has 0 aromatic heterocycles. The van der Waals surface area contributed by atoms with Gasteiger partial charge in [0.05, 0.1) is 30.0 Å². The zero-order valence-corrected chi connectivity index (χ0v) is 22.6. The van der Waals surface area contributed by atoms with Gasteiger partial charge in [0, 0.05) is 18.9 Å². The first-order valence-corrected chi connectivity index (χ1v) is 14.4. The molecule has 4 rings (SSSR count). The van der Waals surface area contributed by atoms with Gasteiger partial charge < -0.3 is 30.6 Å². The summed E-state index contributed by atoms with van der Waals surface area (Å²) in [6, 6.07) is 0. The molecule has 4 saturated carbocycles. The topological polar surface area (TPSA) is 121 Å². The van der Waals surface area contributed by atoms with E-state index in [0.29, 0.717) is 24.7 Å². The fourth-order valence-corrected chi connectivity index (χ4v) is 10.1. The van der Waals surface area contributed by atoms with Crippen LogP contribution in [-0.4, -0.2) is 67.3 Å². The molecule has 4 aliphatic rings. The molecule has 204 valence electrons. The Hall–Kier alpha value is -0.240. The lowest BCUT2D eigenvalue weighted by Crippen LogP contribution is -2.68. The van der Waals surface area contributed by atoms with E-state index in [9.17, 15) is 30.6 Å². The van der Waals surface area contributed by atoms with E-state index in [4.69, 9.17) is 0 Å². The number of rotatable bonds is 7. The first kappa shape index (κ1) is 27.8. The van der Waals surface area contributed by atoms with Crippen LogP contribution in [0.3, 0.4) is 0 Å². The standard InChI is InChI=1S/C29H52O6/c1-16(2)18(10-13-30)7-6-17(3)23-24(33)25(34)26-28(23,5)12-9-22-27(4)11-8-19(31)14-20(27)21(32)15-29(22,26)35/h16-26,30-35H,6-15H2,1-5H3/t17?,18?,19-,20?,21?,22?,23?,24+,25+,26?,27-,28+,29-/m0/s1. The molecule has 13 atom stereocenters. The SMILES string of the molecule is CC(C)C(CCO)CCC(C)C1[C@@H](O)[C@@H](O)C2[C@]1(C)CCC1[C@@]3(C)CC[C@H](O)CC3C(O)C[C@]12O. The molecule has 35 heavy (non-hydrogen) atoms. The summed E-state index contributed by atoms with van der Waals surface area (Å²) in [5.41, 5.74) is -1.92. The summed E-state index contributed by atoms with van der Waals surface area (Å²) >= 11 is 0. The van der Waals surface area contributed by atoms with Gasteiger partial charge in [-0.1, -0.05) is 41.0 Å². The Morgan fingerprint density at radius 3 is 2.14 bits per heavy atom. The summed E-state index contributed by atoms with van der Waals surface area (Å²) in [7, 11) is 0. The molecule has 0 amide bonds. The van der Waals surface area contributed by atoms with Crippen LogP contribution >= 0.6 is 0 Å². The highest BCUT2D eigenvalue weighted by atomic mass is 16.3. The predicted octanol–water partition coefficient (Wildman–Crippen LogP) is 3.10. The van der Waals surface area contributed by atoms with Crippen molar-refractivity contribution < 1.29 is 30.6 Å². The van der Waals surface area contributed by atoms with Gasteiger partial charge in [-0.2, -0.15) is 0 Å². The first-order chi connectivity index (χ1) is 16.3. The van der Waals surface area contributed by atoms with Gasteiger partial charge >= 0.3 is 0 Å². The summed E-state index contributed by atoms with van der Waals surface area (Å²) in [6.45, 7) is 11.1. The van der Waals surface area contributed by atoms with Crippen molar-refractivity contribution in [2.24, 2.45) is 52.3 Å². The van der Waals surface area contributed by atoms with Gasteiger partial charge in [-0.15, -0.1) is 0 Å². The molecule has 0 spiro atoms. The Labute approximate surface area is 212 Å². The lowest BCUT2D eigenvalue weighted by molar-refractivity contribution is -0.264. The van der Waals surface area contributed by atoms with E-state index >= 15 is 0 Å². The van der Waals surface area contributed by atoms with Crippen molar-refractivity contribution >= 4 is 0 Å². The Bertz CT molecular complexity index is 745. The van der Waals surface area contributed by atoms with Gasteiger partial charge in [-0.05, 0) is 91.3 Å². The monoisotopic (exact) mass is 496 g/mol. The second-order valence-corrected chi connectivity index (χ2v) is 14.0. The predicted molar refractivity (Wildman–Crippen MR) is 135 cm³/mol. The van der Waals surface area contributed by atoms with E-state index < -0.39 is 41.3 Å². The fraction of sp³-hybridized carbons (Fsp3) is 1.00. The molecule has 0 aromatic rings. The molecule has 0 radical (unpaired) electrons. The van der Waals surface area contributed by atoms with Crippen LogP contribution in [-0.2, 0) is 0 Å². The fourth-order valence-electron chi connectivity index (χ4n) is 10.1. The average molecular weight is 497 g/mol. The average Bonchev–Trinajstić information content (AvgIpc) is 2.97. The normalized spacial score (nSPS) is 51.4. The summed E-state index contributed by atoms with van der Waals surface area (Å²) < 4.78 is 0. The maximum atomic E-state index is 12.4. The minimum Gasteiger partial charge on any atom is -0.396 e. The van der Waals surface area contributed by atoms with Crippen molar-refractivity contribution in [3.05, 3.63) is 0 Å². The van der Waals surface area contributed by atoms with E-state index in [1.807, 2.05) is 0 Å². The highest BCUT2D eigenvalue weighted by Gasteiger charge is 2.72. The zero-order chi connectivity index (χ0) is 25.9. The van der Waals surface area contributed by atoms with Crippen LogP contribution in [0.15, 0.2) is 0 Å². The third-order valence-electron chi connectivity index (χ3n) is 11.9. The summed E-state index contributed by atoms with van der Waals surface area (Å²) in [4.78, 5) is 0. The molecular weight excluding hydrogens is 444 g/mol. The molecule has 0 heterocycles. The van der Waals surface area contributed by atoms with Crippen molar-refractivity contribution in [1.29, 1.82) is 0 Å². The number of aliphatic hydroxyl groups is 6. The van der Waals surface area contributed by atoms with Crippen molar-refractivity contribution in [3.63, 3.8) is 0 Å². The molecule has 0 aliphatic heterocycles. The van der Waals surface area contributed by atoms with Gasteiger partial charge in [0.15, 0.2) is 0 Å². The highest BCUT2D eigenvalue weighted by molar-refractivity contribution is 5.21. The number of hydrogen-bond donors (Lipinski definition) is 6. The Balaban J connectivity index is 1.60. The molecule has 6 nitrogen and oxygen atoms in total. The van der Waals surface area contributed by atoms with Crippen molar-refractivity contribution in [3.8, 4) is 0 Å². The van der Waals surface area contributed by atoms with E-state index in [1.165, 1.54) is 0 Å². The van der Waals surface area contributed by atoms with Crippen LogP contribution in [0.2, 0.25) is 0 Å². The van der Waals surface area contributed by atoms with Crippen molar-refractivity contribution in [2.45, 2.75) is 122 Å². The number of aliphatic hydroxyl groups excluding tert-OH is 5. The van der Waals surface area contributed by atoms with E-state index in [2.05, 4.69) is 34.6 Å². The van der Waals surface area contributed by atoms with Gasteiger partial charge in [0.1, 0.15) is 0 Å². The van der Waals surface area contributed by atoms with Gasteiger partial charge in [-0.25, -0.2) is 0 Å². The Morgan fingerprint density at radius 1 is 0.857 bits per heavy atom. The molecule has 4 aliphatic carbocycles. The number of hydrogen-bond acceptors (Lipinski definition) is 6. The van der Waals surface area contributed by atoms with E-state index in [1.54, 1.807) is 0 Å². The highest BCUT2D eigenvalue weighted by Crippen LogP contribution is 2.69. The third kappa shape index (κ3) is 4.32. The second-order valence-electron chi connectivity index (χ2n) is 14.0. The molecule has 0 bridgehead atoms. The minimum atomic E-state index is -1.23. The van der Waals surface area contributed by atoms with Gasteiger partial charge in [0.2, 0.25) is 0 Å². The first-order valence-electron chi connectivity index (χ1n) is 14.4. The van der Waals surface area contributed by atoms with Crippen LogP contribution in [0.4, 0.5) is 0 Å². The smallest absolute Gasteiger partial charge is 0.0863 e. The summed E-state index contributed by atoms with van der Waals surface area (Å²) in [5.74, 6) is 0.398. The van der Waals surface area contributed by atoms with Crippen molar-refractivity contribution in [2.75, 3.05) is 6.61 Å². The van der Waals surface area contributed by atoms with Crippen LogP contribution in [0, 0.1) is 52.3 Å². The summed E-state index contributed by atoms with van der Waals surface area (Å²) in [5, 5.41) is 66.3. The van der Waals surface area contributed by atoms with Crippen LogP contribution < -0.4 is 0 Å². The van der Waals surface area contributed by atoms with Crippen molar-refractivity contribution in [1.82, 2.24) is 0 Å². The third-order valence-corrected chi connectivity index (χ3v) is 11.9. The molecule has 6 N–H and O–H groups in total. The van der Waals surface area contributed by atoms with Crippen LogP contribution in [0.5, 0.6) is 0 Å². The lowest BCUT2D eigenvalue weighted by atomic mass is 9.42. The summed E-state index contributed by atoms with van der Waals surface area (Å²) in [6.07, 6.45) is 3.56. The maximum Gasteiger partial charge on any atom is 0.0863 e. The zero-order valence-electron chi connectivity index (χ0n) is 22.6. The van der Waals surface area contributed by atoms with Crippen LogP contribution in [0.25, 0.3) is 0 Å². The minimum absolute atomic E-state index is 0.0430. The maximum absolute atomic E-state index is 12.4. The quantitative estimate of drug-likeness (QED) is 0.322. The van der Waals surface area contributed by atoms with E-state index in [-0.39, 0.29) is 42.1 Å². The van der Waals surface area contributed by atoms with Crippen LogP contribution in [0.1, 0.15) is 92.4 Å². The Kier molecular flexibility index (Phi) is 7.79. The van der Waals surface area contributed by atoms with Gasteiger partial charge in [-0.3, -0.25) is 0 Å². The lowest BCUT2D eigenvalue weighted by Gasteiger charge is -2.65. The number of fused-ring (bicyclic) bond motifs is 5. The van der Waals surface area contributed by atoms with Gasteiger partial charge in [0.25, 0.3) is 0 Å². The molecule has 0 aromatic carbocycles. The molecular formula is C29H52O6. The molecule has 6 heteroatoms. The second kappa shape index (κ2) is 9.81. The largest absolute Gasteiger partial charge is 0.396 e. The molecule has 7 unspecified atom stereocenters.